The standard InChI is InChI=1S/C19H22N2O4/c1-19(2,20-18(23)24)14-8-6-10-16(12-14)25-15-9-5-7-13(11-15)17(22)21(3)4/h5-12,20H,1-4H3,(H,23,24). The van der Waals surface area contributed by atoms with Crippen molar-refractivity contribution in [2.45, 2.75) is 19.4 Å². The molecule has 6 nitrogen and oxygen atoms in total. The summed E-state index contributed by atoms with van der Waals surface area (Å²) >= 11 is 0. The molecule has 25 heavy (non-hydrogen) atoms. The fraction of sp³-hybridized carbons (Fsp3) is 0.263. The smallest absolute Gasteiger partial charge is 0.405 e. The highest BCUT2D eigenvalue weighted by atomic mass is 16.5. The molecule has 0 saturated carbocycles. The van der Waals surface area contributed by atoms with Crippen LogP contribution in [0.5, 0.6) is 11.5 Å². The van der Waals surface area contributed by atoms with Gasteiger partial charge in [-0.2, -0.15) is 0 Å². The number of benzene rings is 2. The number of hydrogen-bond donors (Lipinski definition) is 2. The molecule has 6 heteroatoms. The Morgan fingerprint density at radius 2 is 1.64 bits per heavy atom. The maximum atomic E-state index is 12.0. The van der Waals surface area contributed by atoms with E-state index in [0.717, 1.165) is 5.56 Å². The number of carboxylic acid groups (broad SMARTS) is 1. The van der Waals surface area contributed by atoms with Crippen LogP contribution in [0.2, 0.25) is 0 Å². The lowest BCUT2D eigenvalue weighted by Gasteiger charge is -2.25. The second-order valence-electron chi connectivity index (χ2n) is 6.41. The van der Waals surface area contributed by atoms with E-state index in [4.69, 9.17) is 9.84 Å². The minimum atomic E-state index is -1.09. The summed E-state index contributed by atoms with van der Waals surface area (Å²) in [5.74, 6) is 0.993. The van der Waals surface area contributed by atoms with E-state index in [-0.39, 0.29) is 5.91 Å². The second kappa shape index (κ2) is 7.25. The zero-order valence-corrected chi connectivity index (χ0v) is 14.7. The maximum absolute atomic E-state index is 12.0. The lowest BCUT2D eigenvalue weighted by Crippen LogP contribution is -2.40. The van der Waals surface area contributed by atoms with Gasteiger partial charge in [-0.15, -0.1) is 0 Å². The highest BCUT2D eigenvalue weighted by molar-refractivity contribution is 5.94. The van der Waals surface area contributed by atoms with Gasteiger partial charge >= 0.3 is 6.09 Å². The molecule has 132 valence electrons. The van der Waals surface area contributed by atoms with Crippen LogP contribution in [-0.4, -0.2) is 36.1 Å². The summed E-state index contributed by atoms with van der Waals surface area (Å²) in [5, 5.41) is 11.4. The van der Waals surface area contributed by atoms with Crippen molar-refractivity contribution in [2.24, 2.45) is 0 Å². The molecule has 0 radical (unpaired) electrons. The minimum absolute atomic E-state index is 0.106. The van der Waals surface area contributed by atoms with E-state index in [1.807, 2.05) is 6.07 Å². The van der Waals surface area contributed by atoms with Crippen molar-refractivity contribution < 1.29 is 19.4 Å². The SMILES string of the molecule is CN(C)C(=O)c1cccc(Oc2cccc(C(C)(C)NC(=O)O)c2)c1. The van der Waals surface area contributed by atoms with Crippen LogP contribution < -0.4 is 10.1 Å². The van der Waals surface area contributed by atoms with Crippen molar-refractivity contribution in [1.82, 2.24) is 10.2 Å². The first-order valence-electron chi connectivity index (χ1n) is 7.80. The number of nitrogens with one attached hydrogen (secondary N) is 1. The number of rotatable bonds is 5. The third kappa shape index (κ3) is 4.73. The molecule has 0 atom stereocenters. The number of nitrogens with zero attached hydrogens (tertiary/aromatic N) is 1. The van der Waals surface area contributed by atoms with E-state index >= 15 is 0 Å². The largest absolute Gasteiger partial charge is 0.465 e. The van der Waals surface area contributed by atoms with E-state index in [0.29, 0.717) is 17.1 Å². The average Bonchev–Trinajstić information content (AvgIpc) is 2.53. The second-order valence-corrected chi connectivity index (χ2v) is 6.41. The molecule has 0 spiro atoms. The van der Waals surface area contributed by atoms with Crippen molar-refractivity contribution in [1.29, 1.82) is 0 Å². The summed E-state index contributed by atoms with van der Waals surface area (Å²) in [6, 6.07) is 14.1. The van der Waals surface area contributed by atoms with Crippen LogP contribution in [-0.2, 0) is 5.54 Å². The van der Waals surface area contributed by atoms with Gasteiger partial charge in [-0.25, -0.2) is 4.79 Å². The molecular weight excluding hydrogens is 320 g/mol. The van der Waals surface area contributed by atoms with Crippen LogP contribution in [0, 0.1) is 0 Å². The molecule has 0 aliphatic carbocycles. The quantitative estimate of drug-likeness (QED) is 0.869. The molecule has 0 heterocycles. The van der Waals surface area contributed by atoms with Gasteiger partial charge < -0.3 is 20.1 Å². The summed E-state index contributed by atoms with van der Waals surface area (Å²) in [5.41, 5.74) is 0.549. The number of carbonyl (C=O) groups is 2. The zero-order valence-electron chi connectivity index (χ0n) is 14.7. The average molecular weight is 342 g/mol. The normalized spacial score (nSPS) is 10.9. The Morgan fingerprint density at radius 3 is 2.24 bits per heavy atom. The third-order valence-electron chi connectivity index (χ3n) is 3.70. The summed E-state index contributed by atoms with van der Waals surface area (Å²) in [7, 11) is 3.38. The molecule has 0 aliphatic rings. The van der Waals surface area contributed by atoms with Gasteiger partial charge in [-0.05, 0) is 49.7 Å². The van der Waals surface area contributed by atoms with E-state index in [1.54, 1.807) is 70.4 Å². The molecule has 0 bridgehead atoms. The van der Waals surface area contributed by atoms with Crippen molar-refractivity contribution in [3.8, 4) is 11.5 Å². The van der Waals surface area contributed by atoms with Crippen LogP contribution in [0.4, 0.5) is 4.79 Å². The number of ether oxygens (including phenoxy) is 1. The van der Waals surface area contributed by atoms with Gasteiger partial charge in [0.15, 0.2) is 0 Å². The Balaban J connectivity index is 2.24. The van der Waals surface area contributed by atoms with Gasteiger partial charge in [0.1, 0.15) is 11.5 Å². The van der Waals surface area contributed by atoms with Gasteiger partial charge in [0.2, 0.25) is 0 Å². The van der Waals surface area contributed by atoms with Gasteiger partial charge in [0, 0.05) is 19.7 Å². The van der Waals surface area contributed by atoms with Crippen LogP contribution in [0.3, 0.4) is 0 Å². The lowest BCUT2D eigenvalue weighted by atomic mass is 9.94. The number of hydrogen-bond acceptors (Lipinski definition) is 3. The Morgan fingerprint density at radius 1 is 1.04 bits per heavy atom. The Kier molecular flexibility index (Phi) is 5.32. The third-order valence-corrected chi connectivity index (χ3v) is 3.70. The molecule has 0 saturated heterocycles. The summed E-state index contributed by atoms with van der Waals surface area (Å²) in [4.78, 5) is 24.5. The van der Waals surface area contributed by atoms with Crippen LogP contribution in [0.15, 0.2) is 48.5 Å². The molecule has 2 aromatic carbocycles. The summed E-state index contributed by atoms with van der Waals surface area (Å²) in [6.45, 7) is 3.55. The molecule has 0 aliphatic heterocycles. The lowest BCUT2D eigenvalue weighted by molar-refractivity contribution is 0.0827. The van der Waals surface area contributed by atoms with Crippen LogP contribution >= 0.6 is 0 Å². The monoisotopic (exact) mass is 342 g/mol. The van der Waals surface area contributed by atoms with E-state index < -0.39 is 11.6 Å². The highest BCUT2D eigenvalue weighted by Crippen LogP contribution is 2.28. The van der Waals surface area contributed by atoms with Gasteiger partial charge in [-0.3, -0.25) is 4.79 Å². The fourth-order valence-electron chi connectivity index (χ4n) is 2.37. The predicted molar refractivity (Wildman–Crippen MR) is 95.2 cm³/mol. The molecule has 0 aromatic heterocycles. The van der Waals surface area contributed by atoms with Gasteiger partial charge in [0.25, 0.3) is 5.91 Å². The predicted octanol–water partition coefficient (Wildman–Crippen LogP) is 3.68. The molecule has 2 N–H and O–H groups in total. The van der Waals surface area contributed by atoms with Crippen molar-refractivity contribution >= 4 is 12.0 Å². The number of carbonyl (C=O) groups excluding carboxylic acids is 1. The maximum Gasteiger partial charge on any atom is 0.405 e. The summed E-state index contributed by atoms with van der Waals surface area (Å²) in [6.07, 6.45) is -1.09. The van der Waals surface area contributed by atoms with E-state index in [1.165, 1.54) is 4.90 Å². The van der Waals surface area contributed by atoms with Crippen molar-refractivity contribution in [3.63, 3.8) is 0 Å². The molecule has 2 aromatic rings. The first kappa shape index (κ1) is 18.3. The molecule has 2 amide bonds. The van der Waals surface area contributed by atoms with E-state index in [9.17, 15) is 9.59 Å². The van der Waals surface area contributed by atoms with E-state index in [2.05, 4.69) is 5.32 Å². The van der Waals surface area contributed by atoms with Crippen molar-refractivity contribution in [2.75, 3.05) is 14.1 Å². The first-order valence-corrected chi connectivity index (χ1v) is 7.80. The van der Waals surface area contributed by atoms with Crippen LogP contribution in [0.25, 0.3) is 0 Å². The fourth-order valence-corrected chi connectivity index (χ4v) is 2.37. The van der Waals surface area contributed by atoms with Crippen molar-refractivity contribution in [3.05, 3.63) is 59.7 Å². The molecule has 0 fully saturated rings. The number of amides is 2. The Bertz CT molecular complexity index is 784. The minimum Gasteiger partial charge on any atom is -0.465 e. The molecule has 0 unspecified atom stereocenters. The first-order chi connectivity index (χ1) is 11.7. The highest BCUT2D eigenvalue weighted by Gasteiger charge is 2.23. The molecule has 2 rings (SSSR count). The molecular formula is C19H22N2O4. The van der Waals surface area contributed by atoms with Crippen LogP contribution in [0.1, 0.15) is 29.8 Å². The van der Waals surface area contributed by atoms with Gasteiger partial charge in [0.05, 0.1) is 5.54 Å². The van der Waals surface area contributed by atoms with Gasteiger partial charge in [-0.1, -0.05) is 18.2 Å². The summed E-state index contributed by atoms with van der Waals surface area (Å²) < 4.78 is 5.84. The Labute approximate surface area is 147 Å². The zero-order chi connectivity index (χ0) is 18.6. The Hall–Kier alpha value is -3.02. The topological polar surface area (TPSA) is 78.9 Å².